The quantitative estimate of drug-likeness (QED) is 0.897. The van der Waals surface area contributed by atoms with E-state index in [0.717, 1.165) is 0 Å². The highest BCUT2D eigenvalue weighted by molar-refractivity contribution is 5.67. The molecule has 2 aromatic rings. The molecule has 0 saturated heterocycles. The number of aromatic nitrogens is 3. The van der Waals surface area contributed by atoms with Gasteiger partial charge in [-0.05, 0) is 20.8 Å². The van der Waals surface area contributed by atoms with Crippen molar-refractivity contribution in [1.29, 1.82) is 5.26 Å². The van der Waals surface area contributed by atoms with Crippen molar-refractivity contribution < 1.29 is 9.53 Å². The molecular weight excluding hydrogens is 258 g/mol. The molecule has 0 radical (unpaired) electrons. The van der Waals surface area contributed by atoms with Crippen LogP contribution in [0.4, 0.5) is 4.79 Å². The first kappa shape index (κ1) is 13.8. The first-order valence-electron chi connectivity index (χ1n) is 6.09. The van der Waals surface area contributed by atoms with E-state index in [2.05, 4.69) is 15.4 Å². The van der Waals surface area contributed by atoms with Gasteiger partial charge in [0.25, 0.3) is 0 Å². The summed E-state index contributed by atoms with van der Waals surface area (Å²) < 4.78 is 6.68. The first-order chi connectivity index (χ1) is 9.37. The highest BCUT2D eigenvalue weighted by atomic mass is 16.6. The summed E-state index contributed by atoms with van der Waals surface area (Å²) in [5, 5.41) is 15.4. The van der Waals surface area contributed by atoms with Crippen LogP contribution in [-0.2, 0) is 11.3 Å². The molecule has 1 N–H and O–H groups in total. The molecular formula is C13H15N5O2. The number of ether oxygens (including phenoxy) is 1. The highest BCUT2D eigenvalue weighted by Gasteiger charge is 2.16. The molecule has 2 heterocycles. The van der Waals surface area contributed by atoms with Crippen LogP contribution in [0.25, 0.3) is 5.65 Å². The van der Waals surface area contributed by atoms with E-state index < -0.39 is 11.7 Å². The van der Waals surface area contributed by atoms with Crippen LogP contribution >= 0.6 is 0 Å². The van der Waals surface area contributed by atoms with Gasteiger partial charge in [-0.3, -0.25) is 0 Å². The van der Waals surface area contributed by atoms with Gasteiger partial charge in [0, 0.05) is 6.07 Å². The van der Waals surface area contributed by atoms with Gasteiger partial charge in [0.15, 0.2) is 5.65 Å². The molecule has 0 unspecified atom stereocenters. The maximum atomic E-state index is 11.5. The molecule has 0 aromatic carbocycles. The van der Waals surface area contributed by atoms with Gasteiger partial charge in [-0.15, -0.1) is 0 Å². The van der Waals surface area contributed by atoms with Crippen LogP contribution in [0.3, 0.4) is 0 Å². The van der Waals surface area contributed by atoms with Crippen LogP contribution in [0.15, 0.2) is 18.5 Å². The molecule has 7 nitrogen and oxygen atoms in total. The Labute approximate surface area is 116 Å². The zero-order valence-corrected chi connectivity index (χ0v) is 11.5. The first-order valence-corrected chi connectivity index (χ1v) is 6.09. The van der Waals surface area contributed by atoms with Gasteiger partial charge in [-0.25, -0.2) is 14.3 Å². The second kappa shape index (κ2) is 5.17. The van der Waals surface area contributed by atoms with Crippen LogP contribution in [0.1, 0.15) is 32.0 Å². The van der Waals surface area contributed by atoms with Gasteiger partial charge in [0.05, 0.1) is 30.2 Å². The van der Waals surface area contributed by atoms with Crippen molar-refractivity contribution in [2.75, 3.05) is 0 Å². The van der Waals surface area contributed by atoms with Gasteiger partial charge in [-0.1, -0.05) is 0 Å². The minimum atomic E-state index is -0.535. The van der Waals surface area contributed by atoms with Crippen molar-refractivity contribution in [2.45, 2.75) is 32.9 Å². The van der Waals surface area contributed by atoms with E-state index in [0.29, 0.717) is 16.9 Å². The molecule has 7 heteroatoms. The Morgan fingerprint density at radius 3 is 2.95 bits per heavy atom. The number of carbonyl (C=O) groups excluding carboxylic acids is 1. The van der Waals surface area contributed by atoms with Crippen molar-refractivity contribution in [3.63, 3.8) is 0 Å². The third-order valence-electron chi connectivity index (χ3n) is 2.31. The third kappa shape index (κ3) is 3.45. The summed E-state index contributed by atoms with van der Waals surface area (Å²) in [6.45, 7) is 5.63. The second-order valence-corrected chi connectivity index (χ2v) is 5.25. The largest absolute Gasteiger partial charge is 0.444 e. The fourth-order valence-electron chi connectivity index (χ4n) is 1.55. The lowest BCUT2D eigenvalue weighted by molar-refractivity contribution is 0.0523. The van der Waals surface area contributed by atoms with E-state index in [-0.39, 0.29) is 6.54 Å². The van der Waals surface area contributed by atoms with E-state index in [1.807, 2.05) is 6.07 Å². The summed E-state index contributed by atoms with van der Waals surface area (Å²) in [5.74, 6) is 0. The molecule has 0 bridgehead atoms. The van der Waals surface area contributed by atoms with E-state index in [1.54, 1.807) is 37.5 Å². The monoisotopic (exact) mass is 273 g/mol. The molecule has 0 fully saturated rings. The average Bonchev–Trinajstić information content (AvgIpc) is 2.75. The number of nitriles is 1. The molecule has 0 aliphatic carbocycles. The Morgan fingerprint density at radius 2 is 2.30 bits per heavy atom. The number of alkyl carbamates (subject to hydrolysis) is 1. The fourth-order valence-corrected chi connectivity index (χ4v) is 1.55. The summed E-state index contributed by atoms with van der Waals surface area (Å²) in [7, 11) is 0. The summed E-state index contributed by atoms with van der Waals surface area (Å²) in [6, 6.07) is 3.63. The van der Waals surface area contributed by atoms with E-state index in [9.17, 15) is 4.79 Å². The minimum absolute atomic E-state index is 0.236. The lowest BCUT2D eigenvalue weighted by atomic mass is 10.2. The number of hydrogen-bond acceptors (Lipinski definition) is 5. The van der Waals surface area contributed by atoms with Crippen molar-refractivity contribution in [3.05, 3.63) is 29.7 Å². The zero-order valence-electron chi connectivity index (χ0n) is 11.5. The van der Waals surface area contributed by atoms with Gasteiger partial charge in [0.1, 0.15) is 11.7 Å². The van der Waals surface area contributed by atoms with Crippen LogP contribution in [-0.4, -0.2) is 26.3 Å². The Morgan fingerprint density at radius 1 is 1.55 bits per heavy atom. The summed E-state index contributed by atoms with van der Waals surface area (Å²) in [6.07, 6.45) is 2.65. The summed E-state index contributed by atoms with van der Waals surface area (Å²) >= 11 is 0. The molecule has 2 aromatic heterocycles. The molecule has 0 saturated carbocycles. The van der Waals surface area contributed by atoms with E-state index in [4.69, 9.17) is 10.00 Å². The van der Waals surface area contributed by atoms with Crippen LogP contribution < -0.4 is 5.32 Å². The number of carbonyl (C=O) groups is 1. The SMILES string of the molecule is CC(C)(C)OC(=O)NCc1cn2ncc(C#N)cc2n1. The molecule has 0 spiro atoms. The molecule has 0 aliphatic heterocycles. The van der Waals surface area contributed by atoms with Crippen molar-refractivity contribution in [1.82, 2.24) is 19.9 Å². The van der Waals surface area contributed by atoms with Crippen LogP contribution in [0.5, 0.6) is 0 Å². The lowest BCUT2D eigenvalue weighted by Gasteiger charge is -2.19. The van der Waals surface area contributed by atoms with E-state index in [1.165, 1.54) is 6.20 Å². The number of rotatable bonds is 2. The molecule has 0 atom stereocenters. The van der Waals surface area contributed by atoms with Gasteiger partial charge < -0.3 is 10.1 Å². The summed E-state index contributed by atoms with van der Waals surface area (Å²) in [5.41, 5.74) is 1.10. The van der Waals surface area contributed by atoms with Gasteiger partial charge in [-0.2, -0.15) is 10.4 Å². The van der Waals surface area contributed by atoms with Crippen LogP contribution in [0.2, 0.25) is 0 Å². The number of hydrogen-bond donors (Lipinski definition) is 1. The van der Waals surface area contributed by atoms with Crippen molar-refractivity contribution >= 4 is 11.7 Å². The number of fused-ring (bicyclic) bond motifs is 1. The number of amides is 1. The number of imidazole rings is 1. The Hall–Kier alpha value is -2.62. The Kier molecular flexibility index (Phi) is 3.57. The molecule has 104 valence electrons. The second-order valence-electron chi connectivity index (χ2n) is 5.25. The fraction of sp³-hybridized carbons (Fsp3) is 0.385. The maximum absolute atomic E-state index is 11.5. The average molecular weight is 273 g/mol. The third-order valence-corrected chi connectivity index (χ3v) is 2.31. The lowest BCUT2D eigenvalue weighted by Crippen LogP contribution is -2.32. The van der Waals surface area contributed by atoms with E-state index >= 15 is 0 Å². The van der Waals surface area contributed by atoms with Gasteiger partial charge >= 0.3 is 6.09 Å². The Bertz CT molecular complexity index is 678. The molecule has 1 amide bonds. The minimum Gasteiger partial charge on any atom is -0.444 e. The Balaban J connectivity index is 2.04. The molecule has 20 heavy (non-hydrogen) atoms. The predicted octanol–water partition coefficient (Wildman–Crippen LogP) is 1.63. The summed E-state index contributed by atoms with van der Waals surface area (Å²) in [4.78, 5) is 15.8. The normalized spacial score (nSPS) is 11.1. The maximum Gasteiger partial charge on any atom is 0.407 e. The molecule has 0 aliphatic rings. The van der Waals surface area contributed by atoms with Gasteiger partial charge in [0.2, 0.25) is 0 Å². The number of nitrogens with one attached hydrogen (secondary N) is 1. The topological polar surface area (TPSA) is 92.3 Å². The van der Waals surface area contributed by atoms with Crippen LogP contribution in [0, 0.1) is 11.3 Å². The zero-order chi connectivity index (χ0) is 14.8. The predicted molar refractivity (Wildman–Crippen MR) is 70.8 cm³/mol. The standard InChI is InChI=1S/C13H15N5O2/c1-13(2,3)20-12(19)15-7-10-8-18-11(17-10)4-9(5-14)6-16-18/h4,6,8H,7H2,1-3H3,(H,15,19). The highest BCUT2D eigenvalue weighted by Crippen LogP contribution is 2.08. The number of nitrogens with zero attached hydrogens (tertiary/aromatic N) is 4. The smallest absolute Gasteiger partial charge is 0.407 e. The van der Waals surface area contributed by atoms with Crippen molar-refractivity contribution in [2.24, 2.45) is 0 Å². The molecule has 2 rings (SSSR count). The van der Waals surface area contributed by atoms with Crippen molar-refractivity contribution in [3.8, 4) is 6.07 Å².